The van der Waals surface area contributed by atoms with Crippen LogP contribution < -0.4 is 0 Å². The molecule has 6 heteroatoms. The van der Waals surface area contributed by atoms with E-state index in [0.29, 0.717) is 24.3 Å². The van der Waals surface area contributed by atoms with E-state index in [9.17, 15) is 14.7 Å². The SMILES string of the molecule is C[C@@H](CCc1ccccc1)[C@H](O)CC[C@H]1CCC(=O)N1C/C=C\c1ccc(C(=O)O)s1. The smallest absolute Gasteiger partial charge is 0.345 e. The maximum absolute atomic E-state index is 12.3. The quantitative estimate of drug-likeness (QED) is 0.522. The van der Waals surface area contributed by atoms with Gasteiger partial charge in [0.05, 0.1) is 6.10 Å². The molecule has 31 heavy (non-hydrogen) atoms. The Morgan fingerprint density at radius 1 is 1.23 bits per heavy atom. The molecule has 0 radical (unpaired) electrons. The summed E-state index contributed by atoms with van der Waals surface area (Å²) in [6.07, 6.45) is 8.23. The number of nitrogens with zero attached hydrogens (tertiary/aromatic N) is 1. The van der Waals surface area contributed by atoms with Gasteiger partial charge in [-0.3, -0.25) is 4.79 Å². The van der Waals surface area contributed by atoms with Crippen LogP contribution >= 0.6 is 11.3 Å². The fourth-order valence-corrected chi connectivity index (χ4v) is 4.84. The molecule has 0 saturated carbocycles. The van der Waals surface area contributed by atoms with E-state index in [0.717, 1.165) is 30.6 Å². The van der Waals surface area contributed by atoms with Crippen LogP contribution in [0, 0.1) is 5.92 Å². The molecule has 0 aliphatic carbocycles. The molecular formula is C25H31NO4S. The molecule has 0 unspecified atom stereocenters. The molecule has 2 heterocycles. The van der Waals surface area contributed by atoms with Crippen molar-refractivity contribution in [2.45, 2.75) is 57.6 Å². The van der Waals surface area contributed by atoms with Crippen LogP contribution in [0.2, 0.25) is 0 Å². The molecule has 1 aliphatic rings. The number of carbonyl (C=O) groups excluding carboxylic acids is 1. The summed E-state index contributed by atoms with van der Waals surface area (Å²) in [7, 11) is 0. The van der Waals surface area contributed by atoms with Gasteiger partial charge in [-0.05, 0) is 61.8 Å². The zero-order valence-corrected chi connectivity index (χ0v) is 18.8. The van der Waals surface area contributed by atoms with Crippen molar-refractivity contribution in [2.24, 2.45) is 5.92 Å². The van der Waals surface area contributed by atoms with E-state index in [4.69, 9.17) is 5.11 Å². The van der Waals surface area contributed by atoms with Crippen molar-refractivity contribution in [1.82, 2.24) is 4.90 Å². The van der Waals surface area contributed by atoms with Crippen molar-refractivity contribution >= 4 is 29.3 Å². The first-order valence-electron chi connectivity index (χ1n) is 10.9. The molecule has 5 nitrogen and oxygen atoms in total. The lowest BCUT2D eigenvalue weighted by atomic mass is 9.92. The summed E-state index contributed by atoms with van der Waals surface area (Å²) >= 11 is 1.22. The Labute approximate surface area is 188 Å². The van der Waals surface area contributed by atoms with Gasteiger partial charge in [0.15, 0.2) is 0 Å². The molecule has 1 aliphatic heterocycles. The standard InChI is InChI=1S/C25H31NO4S/c1-18(9-10-19-6-3-2-4-7-19)22(27)14-11-20-12-16-24(28)26(20)17-5-8-21-13-15-23(31-21)25(29)30/h2-8,13,15,18,20,22,27H,9-12,14,16-17H2,1H3,(H,29,30)/b8-5-/t18-,20-,22+/m0/s1. The molecular weight excluding hydrogens is 410 g/mol. The Morgan fingerprint density at radius 3 is 2.71 bits per heavy atom. The summed E-state index contributed by atoms with van der Waals surface area (Å²) in [6, 6.07) is 13.9. The number of aryl methyl sites for hydroxylation is 1. The van der Waals surface area contributed by atoms with E-state index >= 15 is 0 Å². The third-order valence-corrected chi connectivity index (χ3v) is 7.10. The number of aliphatic hydroxyl groups is 1. The van der Waals surface area contributed by atoms with Gasteiger partial charge in [-0.2, -0.15) is 0 Å². The third kappa shape index (κ3) is 6.77. The number of amides is 1. The van der Waals surface area contributed by atoms with Gasteiger partial charge in [-0.1, -0.05) is 43.3 Å². The van der Waals surface area contributed by atoms with Gasteiger partial charge in [0.1, 0.15) is 4.88 Å². The van der Waals surface area contributed by atoms with E-state index < -0.39 is 5.97 Å². The van der Waals surface area contributed by atoms with Crippen LogP contribution in [-0.4, -0.2) is 45.7 Å². The number of likely N-dealkylation sites (tertiary alicyclic amines) is 1. The van der Waals surface area contributed by atoms with E-state index in [2.05, 4.69) is 19.1 Å². The van der Waals surface area contributed by atoms with E-state index in [-0.39, 0.29) is 24.0 Å². The molecule has 166 valence electrons. The van der Waals surface area contributed by atoms with Crippen molar-refractivity contribution in [3.8, 4) is 0 Å². The molecule has 2 aromatic rings. The summed E-state index contributed by atoms with van der Waals surface area (Å²) in [5.74, 6) is -0.553. The molecule has 3 rings (SSSR count). The molecule has 1 aromatic heterocycles. The maximum Gasteiger partial charge on any atom is 0.345 e. The van der Waals surface area contributed by atoms with Gasteiger partial charge in [0, 0.05) is 23.9 Å². The van der Waals surface area contributed by atoms with Crippen molar-refractivity contribution in [3.05, 3.63) is 63.9 Å². The molecule has 2 N–H and O–H groups in total. The Morgan fingerprint density at radius 2 is 2.00 bits per heavy atom. The summed E-state index contributed by atoms with van der Waals surface area (Å²) in [5, 5.41) is 19.6. The lowest BCUT2D eigenvalue weighted by Gasteiger charge is -2.26. The molecule has 0 bridgehead atoms. The normalized spacial score (nSPS) is 18.6. The van der Waals surface area contributed by atoms with Crippen LogP contribution in [0.15, 0.2) is 48.5 Å². The van der Waals surface area contributed by atoms with Crippen LogP contribution in [0.1, 0.15) is 59.1 Å². The second kappa shape index (κ2) is 11.3. The average molecular weight is 442 g/mol. The molecule has 1 aromatic carbocycles. The van der Waals surface area contributed by atoms with Crippen LogP contribution in [0.3, 0.4) is 0 Å². The summed E-state index contributed by atoms with van der Waals surface area (Å²) in [4.78, 5) is 26.4. The van der Waals surface area contributed by atoms with Crippen molar-refractivity contribution < 1.29 is 19.8 Å². The van der Waals surface area contributed by atoms with Crippen LogP contribution in [0.5, 0.6) is 0 Å². The number of aliphatic hydroxyl groups excluding tert-OH is 1. The summed E-state index contributed by atoms with van der Waals surface area (Å²) in [6.45, 7) is 2.61. The summed E-state index contributed by atoms with van der Waals surface area (Å²) < 4.78 is 0. The highest BCUT2D eigenvalue weighted by Crippen LogP contribution is 2.26. The minimum Gasteiger partial charge on any atom is -0.477 e. The first-order valence-corrected chi connectivity index (χ1v) is 11.8. The number of benzene rings is 1. The number of aromatic carboxylic acids is 1. The Kier molecular flexibility index (Phi) is 8.43. The number of hydrogen-bond donors (Lipinski definition) is 2. The molecule has 1 amide bonds. The highest BCUT2D eigenvalue weighted by Gasteiger charge is 2.30. The fraction of sp³-hybridized carbons (Fsp3) is 0.440. The number of carbonyl (C=O) groups is 2. The monoisotopic (exact) mass is 441 g/mol. The van der Waals surface area contributed by atoms with E-state index in [1.807, 2.05) is 35.3 Å². The topological polar surface area (TPSA) is 77.8 Å². The first-order chi connectivity index (χ1) is 14.9. The zero-order valence-electron chi connectivity index (χ0n) is 17.9. The zero-order chi connectivity index (χ0) is 22.2. The minimum absolute atomic E-state index is 0.152. The van der Waals surface area contributed by atoms with E-state index in [1.165, 1.54) is 16.9 Å². The van der Waals surface area contributed by atoms with Crippen LogP contribution in [0.4, 0.5) is 0 Å². The lowest BCUT2D eigenvalue weighted by molar-refractivity contribution is -0.128. The number of thiophene rings is 1. The van der Waals surface area contributed by atoms with Crippen molar-refractivity contribution in [2.75, 3.05) is 6.54 Å². The minimum atomic E-state index is -0.920. The molecule has 3 atom stereocenters. The predicted molar refractivity (Wildman–Crippen MR) is 124 cm³/mol. The van der Waals surface area contributed by atoms with E-state index in [1.54, 1.807) is 12.1 Å². The second-order valence-corrected chi connectivity index (χ2v) is 9.41. The Hall–Kier alpha value is -2.44. The molecule has 1 saturated heterocycles. The van der Waals surface area contributed by atoms with Gasteiger partial charge in [0.2, 0.25) is 5.91 Å². The highest BCUT2D eigenvalue weighted by molar-refractivity contribution is 7.14. The Balaban J connectivity index is 1.45. The first kappa shape index (κ1) is 23.2. The fourth-order valence-electron chi connectivity index (χ4n) is 4.06. The Bertz CT molecular complexity index is 892. The molecule has 0 spiro atoms. The second-order valence-electron chi connectivity index (χ2n) is 8.29. The van der Waals surface area contributed by atoms with Gasteiger partial charge in [-0.25, -0.2) is 4.79 Å². The van der Waals surface area contributed by atoms with Crippen LogP contribution in [0.25, 0.3) is 6.08 Å². The van der Waals surface area contributed by atoms with Gasteiger partial charge < -0.3 is 15.1 Å². The van der Waals surface area contributed by atoms with Crippen LogP contribution in [-0.2, 0) is 11.2 Å². The van der Waals surface area contributed by atoms with Crippen molar-refractivity contribution in [3.63, 3.8) is 0 Å². The van der Waals surface area contributed by atoms with Gasteiger partial charge >= 0.3 is 5.97 Å². The van der Waals surface area contributed by atoms with Gasteiger partial charge in [0.25, 0.3) is 0 Å². The number of carboxylic acids is 1. The molecule has 1 fully saturated rings. The largest absolute Gasteiger partial charge is 0.477 e. The average Bonchev–Trinajstić information content (AvgIpc) is 3.38. The predicted octanol–water partition coefficient (Wildman–Crippen LogP) is 4.86. The third-order valence-electron chi connectivity index (χ3n) is 6.06. The summed E-state index contributed by atoms with van der Waals surface area (Å²) in [5.41, 5.74) is 1.29. The van der Waals surface area contributed by atoms with Gasteiger partial charge in [-0.15, -0.1) is 11.3 Å². The maximum atomic E-state index is 12.3. The highest BCUT2D eigenvalue weighted by atomic mass is 32.1. The lowest BCUT2D eigenvalue weighted by Crippen LogP contribution is -2.34. The number of hydrogen-bond acceptors (Lipinski definition) is 4. The number of carboxylic acid groups (broad SMARTS) is 1. The number of rotatable bonds is 11. The van der Waals surface area contributed by atoms with Crippen molar-refractivity contribution in [1.29, 1.82) is 0 Å².